The highest BCUT2D eigenvalue weighted by Crippen LogP contribution is 2.04. The van der Waals surface area contributed by atoms with Gasteiger partial charge in [0.2, 0.25) is 0 Å². The molecule has 0 amide bonds. The fraction of sp³-hybridized carbons (Fsp3) is 0.900. The van der Waals surface area contributed by atoms with E-state index in [4.69, 9.17) is 9.84 Å². The van der Waals surface area contributed by atoms with E-state index >= 15 is 0 Å². The van der Waals surface area contributed by atoms with Crippen LogP contribution in [-0.4, -0.2) is 23.8 Å². The summed E-state index contributed by atoms with van der Waals surface area (Å²) in [5, 5.41) is 8.37. The molecule has 0 aliphatic heterocycles. The summed E-state index contributed by atoms with van der Waals surface area (Å²) in [7, 11) is 0. The Morgan fingerprint density at radius 2 is 1.92 bits per heavy atom. The Hall–Kier alpha value is -0.570. The molecule has 0 aromatic heterocycles. The average molecular weight is 188 g/mol. The van der Waals surface area contributed by atoms with Gasteiger partial charge in [0.05, 0.1) is 6.10 Å². The molecule has 0 saturated heterocycles. The molecule has 1 N–H and O–H groups in total. The Bertz CT molecular complexity index is 130. The summed E-state index contributed by atoms with van der Waals surface area (Å²) < 4.78 is 5.53. The van der Waals surface area contributed by atoms with Crippen LogP contribution in [0.3, 0.4) is 0 Å². The largest absolute Gasteiger partial charge is 0.481 e. The van der Waals surface area contributed by atoms with Crippen LogP contribution in [0.4, 0.5) is 0 Å². The number of carboxylic acids is 1. The van der Waals surface area contributed by atoms with Gasteiger partial charge in [-0.3, -0.25) is 4.79 Å². The molecule has 0 unspecified atom stereocenters. The molecule has 0 heterocycles. The molecule has 0 saturated carbocycles. The van der Waals surface area contributed by atoms with Crippen molar-refractivity contribution >= 4 is 5.97 Å². The molecule has 0 spiro atoms. The summed E-state index contributed by atoms with van der Waals surface area (Å²) in [6.07, 6.45) is 4.25. The molecule has 3 nitrogen and oxygen atoms in total. The van der Waals surface area contributed by atoms with E-state index in [1.807, 2.05) is 0 Å². The number of carbonyl (C=O) groups is 1. The van der Waals surface area contributed by atoms with E-state index in [2.05, 4.69) is 13.8 Å². The molecule has 0 aliphatic carbocycles. The third kappa shape index (κ3) is 7.78. The maximum Gasteiger partial charge on any atom is 0.303 e. The van der Waals surface area contributed by atoms with Crippen LogP contribution in [0.2, 0.25) is 0 Å². The van der Waals surface area contributed by atoms with Crippen LogP contribution in [0.25, 0.3) is 0 Å². The van der Waals surface area contributed by atoms with Gasteiger partial charge in [-0.25, -0.2) is 0 Å². The van der Waals surface area contributed by atoms with Gasteiger partial charge in [-0.05, 0) is 25.7 Å². The minimum absolute atomic E-state index is 0.256. The second-order valence-corrected chi connectivity index (χ2v) is 3.16. The molecule has 0 aromatic rings. The molecule has 0 fully saturated rings. The van der Waals surface area contributed by atoms with Crippen LogP contribution >= 0.6 is 0 Å². The molecule has 0 atom stereocenters. The third-order valence-electron chi connectivity index (χ3n) is 2.05. The van der Waals surface area contributed by atoms with Gasteiger partial charge in [-0.1, -0.05) is 13.8 Å². The maximum atomic E-state index is 10.2. The Morgan fingerprint density at radius 3 is 2.38 bits per heavy atom. The zero-order valence-electron chi connectivity index (χ0n) is 8.58. The molecule has 0 rings (SSSR count). The van der Waals surface area contributed by atoms with Crippen molar-refractivity contribution in [3.8, 4) is 0 Å². The van der Waals surface area contributed by atoms with E-state index in [9.17, 15) is 4.79 Å². The van der Waals surface area contributed by atoms with Crippen molar-refractivity contribution in [3.63, 3.8) is 0 Å². The minimum atomic E-state index is -0.720. The highest BCUT2D eigenvalue weighted by atomic mass is 16.5. The van der Waals surface area contributed by atoms with E-state index in [-0.39, 0.29) is 6.42 Å². The molecular weight excluding hydrogens is 168 g/mol. The van der Waals surface area contributed by atoms with E-state index < -0.39 is 5.97 Å². The first-order valence-electron chi connectivity index (χ1n) is 5.04. The molecule has 0 radical (unpaired) electrons. The predicted molar refractivity (Wildman–Crippen MR) is 51.8 cm³/mol. The summed E-state index contributed by atoms with van der Waals surface area (Å²) in [5.74, 6) is -0.720. The van der Waals surface area contributed by atoms with Gasteiger partial charge in [0.1, 0.15) is 0 Å². The quantitative estimate of drug-likeness (QED) is 0.595. The Labute approximate surface area is 80.1 Å². The average Bonchev–Trinajstić information content (AvgIpc) is 2.11. The summed E-state index contributed by atoms with van der Waals surface area (Å²) >= 11 is 0. The van der Waals surface area contributed by atoms with Crippen LogP contribution in [0.5, 0.6) is 0 Å². The van der Waals surface area contributed by atoms with Crippen molar-refractivity contribution in [2.24, 2.45) is 0 Å². The lowest BCUT2D eigenvalue weighted by Gasteiger charge is -2.12. The van der Waals surface area contributed by atoms with Crippen molar-refractivity contribution in [1.29, 1.82) is 0 Å². The second kappa shape index (κ2) is 8.05. The fourth-order valence-electron chi connectivity index (χ4n) is 1.15. The van der Waals surface area contributed by atoms with Crippen molar-refractivity contribution in [2.45, 2.75) is 52.1 Å². The van der Waals surface area contributed by atoms with Gasteiger partial charge in [0.25, 0.3) is 0 Å². The van der Waals surface area contributed by atoms with Gasteiger partial charge in [0.15, 0.2) is 0 Å². The zero-order chi connectivity index (χ0) is 10.1. The molecule has 0 bridgehead atoms. The van der Waals surface area contributed by atoms with Crippen molar-refractivity contribution < 1.29 is 14.6 Å². The number of ether oxygens (including phenoxy) is 1. The predicted octanol–water partition coefficient (Wildman–Crippen LogP) is 2.45. The molecular formula is C10H20O3. The molecule has 0 aliphatic rings. The Morgan fingerprint density at radius 1 is 1.31 bits per heavy atom. The van der Waals surface area contributed by atoms with Gasteiger partial charge in [0, 0.05) is 13.0 Å². The molecule has 78 valence electrons. The summed E-state index contributed by atoms with van der Waals surface area (Å²) in [6, 6.07) is 0. The van der Waals surface area contributed by atoms with Gasteiger partial charge >= 0.3 is 5.97 Å². The number of carboxylic acid groups (broad SMARTS) is 1. The lowest BCUT2D eigenvalue weighted by atomic mass is 10.2. The van der Waals surface area contributed by atoms with E-state index in [1.54, 1.807) is 0 Å². The first kappa shape index (κ1) is 12.4. The standard InChI is InChI=1S/C10H20O3/c1-3-9(4-2)13-8-6-5-7-10(11)12/h9H,3-8H2,1-2H3,(H,11,12). The van der Waals surface area contributed by atoms with Crippen LogP contribution < -0.4 is 0 Å². The number of hydrogen-bond donors (Lipinski definition) is 1. The number of hydrogen-bond acceptors (Lipinski definition) is 2. The second-order valence-electron chi connectivity index (χ2n) is 3.16. The summed E-state index contributed by atoms with van der Waals surface area (Å²) in [6.45, 7) is 4.90. The normalized spacial score (nSPS) is 10.7. The number of rotatable bonds is 8. The summed E-state index contributed by atoms with van der Waals surface area (Å²) in [4.78, 5) is 10.2. The Balaban J connectivity index is 3.19. The smallest absolute Gasteiger partial charge is 0.303 e. The third-order valence-corrected chi connectivity index (χ3v) is 2.05. The van der Waals surface area contributed by atoms with Crippen molar-refractivity contribution in [1.82, 2.24) is 0 Å². The number of aliphatic carboxylic acids is 1. The van der Waals surface area contributed by atoms with Crippen LogP contribution in [0.1, 0.15) is 46.0 Å². The van der Waals surface area contributed by atoms with Crippen LogP contribution in [0.15, 0.2) is 0 Å². The highest BCUT2D eigenvalue weighted by molar-refractivity contribution is 5.66. The van der Waals surface area contributed by atoms with Crippen LogP contribution in [0, 0.1) is 0 Å². The first-order chi connectivity index (χ1) is 6.20. The first-order valence-corrected chi connectivity index (χ1v) is 5.04. The molecule has 13 heavy (non-hydrogen) atoms. The highest BCUT2D eigenvalue weighted by Gasteiger charge is 2.02. The Kier molecular flexibility index (Phi) is 7.69. The van der Waals surface area contributed by atoms with Gasteiger partial charge in [-0.2, -0.15) is 0 Å². The fourth-order valence-corrected chi connectivity index (χ4v) is 1.15. The topological polar surface area (TPSA) is 46.5 Å². The molecule has 3 heteroatoms. The van der Waals surface area contributed by atoms with E-state index in [0.29, 0.717) is 12.7 Å². The van der Waals surface area contributed by atoms with Crippen molar-refractivity contribution in [3.05, 3.63) is 0 Å². The van der Waals surface area contributed by atoms with Gasteiger partial charge in [-0.15, -0.1) is 0 Å². The minimum Gasteiger partial charge on any atom is -0.481 e. The van der Waals surface area contributed by atoms with Crippen LogP contribution in [-0.2, 0) is 9.53 Å². The monoisotopic (exact) mass is 188 g/mol. The maximum absolute atomic E-state index is 10.2. The van der Waals surface area contributed by atoms with E-state index in [1.165, 1.54) is 0 Å². The molecule has 0 aromatic carbocycles. The van der Waals surface area contributed by atoms with E-state index in [0.717, 1.165) is 25.7 Å². The zero-order valence-corrected chi connectivity index (χ0v) is 8.58. The van der Waals surface area contributed by atoms with Crippen molar-refractivity contribution in [2.75, 3.05) is 6.61 Å². The SMILES string of the molecule is CCC(CC)OCCCCC(=O)O. The number of unbranched alkanes of at least 4 members (excludes halogenated alkanes) is 1. The van der Waals surface area contributed by atoms with Gasteiger partial charge < -0.3 is 9.84 Å². The lowest BCUT2D eigenvalue weighted by molar-refractivity contribution is -0.137. The summed E-state index contributed by atoms with van der Waals surface area (Å²) in [5.41, 5.74) is 0. The lowest BCUT2D eigenvalue weighted by Crippen LogP contribution is -2.11.